The minimum absolute atomic E-state index is 0.0340. The number of rotatable bonds is 7. The van der Waals surface area contributed by atoms with E-state index < -0.39 is 10.4 Å². The lowest BCUT2D eigenvalue weighted by molar-refractivity contribution is -0.0457. The molecular formula is C30H35N2O4S+. The molecule has 194 valence electrons. The highest BCUT2D eigenvalue weighted by Crippen LogP contribution is 2.26. The number of carbonyl (C=O) groups excluding carboxylic acids is 1. The molecule has 0 aliphatic carbocycles. The summed E-state index contributed by atoms with van der Waals surface area (Å²) < 4.78 is 31.3. The summed E-state index contributed by atoms with van der Waals surface area (Å²) in [7, 11) is -3.34. The van der Waals surface area contributed by atoms with Gasteiger partial charge in [0.1, 0.15) is 0 Å². The molecule has 3 unspecified atom stereocenters. The van der Waals surface area contributed by atoms with Gasteiger partial charge in [0.05, 0.1) is 25.3 Å². The van der Waals surface area contributed by atoms with Crippen molar-refractivity contribution in [1.29, 1.82) is 0 Å². The fourth-order valence-electron chi connectivity index (χ4n) is 5.30. The number of nitrogens with zero attached hydrogens (tertiary/aromatic N) is 2. The van der Waals surface area contributed by atoms with E-state index in [-0.39, 0.29) is 24.4 Å². The van der Waals surface area contributed by atoms with Gasteiger partial charge in [0.15, 0.2) is 5.78 Å². The summed E-state index contributed by atoms with van der Waals surface area (Å²) >= 11 is 0. The number of ketones is 1. The molecule has 37 heavy (non-hydrogen) atoms. The summed E-state index contributed by atoms with van der Waals surface area (Å²) in [5.74, 6) is 0.0340. The number of carbonyl (C=O) groups is 1. The maximum absolute atomic E-state index is 13.2. The molecule has 1 saturated heterocycles. The molecule has 0 aromatic heterocycles. The van der Waals surface area contributed by atoms with E-state index in [0.29, 0.717) is 23.5 Å². The number of Topliss-reactive ketones (excluding diaryl/α,β-unsaturated/α-hetero) is 1. The SMILES string of the molecule is CC1CN([S+](=O)(O)c2ccc(CC(=O)c3ccc(CN4CCc5ccccc5C4)cc3)cc2)CC(C)O1. The maximum Gasteiger partial charge on any atom is 0.325 e. The van der Waals surface area contributed by atoms with E-state index in [1.807, 2.05) is 38.1 Å². The Bertz CT molecular complexity index is 1280. The first kappa shape index (κ1) is 25.9. The van der Waals surface area contributed by atoms with Crippen LogP contribution in [-0.2, 0) is 45.3 Å². The van der Waals surface area contributed by atoms with Crippen LogP contribution in [0.4, 0.5) is 0 Å². The van der Waals surface area contributed by atoms with Gasteiger partial charge in [-0.25, -0.2) is 0 Å². The largest absolute Gasteiger partial charge is 0.373 e. The van der Waals surface area contributed by atoms with Crippen molar-refractivity contribution in [1.82, 2.24) is 9.21 Å². The topological polar surface area (TPSA) is 70.1 Å². The van der Waals surface area contributed by atoms with Gasteiger partial charge < -0.3 is 4.74 Å². The molecule has 6 nitrogen and oxygen atoms in total. The van der Waals surface area contributed by atoms with Crippen LogP contribution in [0, 0.1) is 0 Å². The van der Waals surface area contributed by atoms with Gasteiger partial charge in [-0.1, -0.05) is 65.0 Å². The van der Waals surface area contributed by atoms with Crippen LogP contribution in [0.25, 0.3) is 0 Å². The highest BCUT2D eigenvalue weighted by molar-refractivity contribution is 7.95. The average molecular weight is 520 g/mol. The summed E-state index contributed by atoms with van der Waals surface area (Å²) in [6, 6.07) is 23.4. The Balaban J connectivity index is 1.18. The summed E-state index contributed by atoms with van der Waals surface area (Å²) in [6.45, 7) is 7.49. The van der Waals surface area contributed by atoms with E-state index in [4.69, 9.17) is 4.74 Å². The molecule has 3 atom stereocenters. The molecule has 0 radical (unpaired) electrons. The Morgan fingerprint density at radius 2 is 1.54 bits per heavy atom. The van der Waals surface area contributed by atoms with Crippen LogP contribution in [0.5, 0.6) is 0 Å². The zero-order valence-corrected chi connectivity index (χ0v) is 22.3. The van der Waals surface area contributed by atoms with Crippen LogP contribution >= 0.6 is 0 Å². The van der Waals surface area contributed by atoms with Crippen molar-refractivity contribution in [2.45, 2.75) is 56.9 Å². The molecule has 2 heterocycles. The Morgan fingerprint density at radius 1 is 0.919 bits per heavy atom. The van der Waals surface area contributed by atoms with E-state index >= 15 is 0 Å². The van der Waals surface area contributed by atoms with Gasteiger partial charge in [-0.05, 0) is 58.9 Å². The van der Waals surface area contributed by atoms with Crippen molar-refractivity contribution in [3.05, 3.63) is 101 Å². The minimum Gasteiger partial charge on any atom is -0.373 e. The first-order valence-electron chi connectivity index (χ1n) is 13.0. The summed E-state index contributed by atoms with van der Waals surface area (Å²) in [4.78, 5) is 15.7. The molecule has 3 aromatic rings. The molecule has 2 aliphatic heterocycles. The molecule has 1 fully saturated rings. The number of hydrogen-bond donors (Lipinski definition) is 1. The van der Waals surface area contributed by atoms with Gasteiger partial charge in [-0.2, -0.15) is 4.55 Å². The lowest BCUT2D eigenvalue weighted by Gasteiger charge is -2.32. The standard InChI is InChI=1S/C30H34N2O4S/c1-22-18-32(19-23(2)36-22)37(34,35)29-13-9-24(10-14-29)17-30(33)27-11-7-25(8-12-27)20-31-16-15-26-5-3-4-6-28(26)21-31/h3-14,22-23H,15-21H2,1-2H3/p+1. The molecule has 5 rings (SSSR count). The smallest absolute Gasteiger partial charge is 0.325 e. The zero-order chi connectivity index (χ0) is 26.0. The number of ether oxygens (including phenoxy) is 1. The molecule has 0 bridgehead atoms. The number of benzene rings is 3. The fraction of sp³-hybridized carbons (Fsp3) is 0.367. The lowest BCUT2D eigenvalue weighted by Crippen LogP contribution is -2.50. The third-order valence-electron chi connectivity index (χ3n) is 7.22. The fourth-order valence-corrected chi connectivity index (χ4v) is 6.91. The molecule has 2 aliphatic rings. The summed E-state index contributed by atoms with van der Waals surface area (Å²) in [6.07, 6.45) is 1.12. The van der Waals surface area contributed by atoms with Crippen molar-refractivity contribution in [2.75, 3.05) is 19.6 Å². The third-order valence-corrected chi connectivity index (χ3v) is 9.11. The second-order valence-electron chi connectivity index (χ2n) is 10.3. The van der Waals surface area contributed by atoms with Crippen LogP contribution in [0.1, 0.15) is 46.5 Å². The number of hydrogen-bond acceptors (Lipinski definition) is 4. The molecule has 0 spiro atoms. The van der Waals surface area contributed by atoms with Gasteiger partial charge in [0.2, 0.25) is 4.90 Å². The molecule has 1 N–H and O–H groups in total. The molecule has 3 aromatic carbocycles. The lowest BCUT2D eigenvalue weighted by atomic mass is 9.99. The molecule has 0 saturated carbocycles. The Hall–Kier alpha value is -2.68. The van der Waals surface area contributed by atoms with E-state index in [1.54, 1.807) is 28.6 Å². The predicted octanol–water partition coefficient (Wildman–Crippen LogP) is 5.03. The molecule has 0 amide bonds. The van der Waals surface area contributed by atoms with E-state index in [2.05, 4.69) is 29.2 Å². The van der Waals surface area contributed by atoms with Crippen LogP contribution in [-0.4, -0.2) is 51.4 Å². The third kappa shape index (κ3) is 6.08. The van der Waals surface area contributed by atoms with Crippen molar-refractivity contribution in [3.63, 3.8) is 0 Å². The molecular weight excluding hydrogens is 484 g/mol. The van der Waals surface area contributed by atoms with Crippen molar-refractivity contribution < 1.29 is 18.3 Å². The van der Waals surface area contributed by atoms with Gasteiger partial charge in [-0.3, -0.25) is 9.69 Å². The van der Waals surface area contributed by atoms with Gasteiger partial charge >= 0.3 is 10.4 Å². The van der Waals surface area contributed by atoms with Crippen molar-refractivity contribution in [2.24, 2.45) is 0 Å². The monoisotopic (exact) mass is 519 g/mol. The number of fused-ring (bicyclic) bond motifs is 1. The minimum atomic E-state index is -3.34. The first-order chi connectivity index (χ1) is 17.8. The van der Waals surface area contributed by atoms with Crippen molar-refractivity contribution in [3.8, 4) is 0 Å². The predicted molar refractivity (Wildman–Crippen MR) is 146 cm³/mol. The van der Waals surface area contributed by atoms with E-state index in [0.717, 1.165) is 31.6 Å². The van der Waals surface area contributed by atoms with Gasteiger partial charge in [0.25, 0.3) is 0 Å². The van der Waals surface area contributed by atoms with Crippen LogP contribution in [0.2, 0.25) is 0 Å². The van der Waals surface area contributed by atoms with Gasteiger partial charge in [-0.15, -0.1) is 0 Å². The molecule has 7 heteroatoms. The van der Waals surface area contributed by atoms with Crippen LogP contribution in [0.15, 0.2) is 77.7 Å². The Kier molecular flexibility index (Phi) is 7.70. The maximum atomic E-state index is 13.2. The van der Waals surface area contributed by atoms with E-state index in [1.165, 1.54) is 16.7 Å². The first-order valence-corrected chi connectivity index (χ1v) is 14.4. The van der Waals surface area contributed by atoms with Crippen molar-refractivity contribution >= 4 is 16.2 Å². The van der Waals surface area contributed by atoms with Gasteiger partial charge in [0, 0.05) is 31.6 Å². The van der Waals surface area contributed by atoms with E-state index in [9.17, 15) is 13.6 Å². The quantitative estimate of drug-likeness (QED) is 0.350. The highest BCUT2D eigenvalue weighted by atomic mass is 32.3. The average Bonchev–Trinajstić information content (AvgIpc) is 2.89. The summed E-state index contributed by atoms with van der Waals surface area (Å²) in [5.41, 5.74) is 5.55. The van der Waals surface area contributed by atoms with Crippen LogP contribution < -0.4 is 0 Å². The highest BCUT2D eigenvalue weighted by Gasteiger charge is 2.42. The Morgan fingerprint density at radius 3 is 2.22 bits per heavy atom. The second-order valence-corrected chi connectivity index (χ2v) is 12.3. The van der Waals surface area contributed by atoms with Crippen LogP contribution in [0.3, 0.4) is 0 Å². The zero-order valence-electron chi connectivity index (χ0n) is 21.5. The Labute approximate surface area is 220 Å². The summed E-state index contributed by atoms with van der Waals surface area (Å²) in [5, 5.41) is 0. The number of morpholine rings is 1. The normalized spacial score (nSPS) is 22.2. The second kappa shape index (κ2) is 11.0.